The van der Waals surface area contributed by atoms with Gasteiger partial charge in [-0.2, -0.15) is 0 Å². The molecule has 128 valence electrons. The summed E-state index contributed by atoms with van der Waals surface area (Å²) in [5.74, 6) is 0.0211. The Bertz CT molecular complexity index is 480. The molecule has 0 heterocycles. The highest BCUT2D eigenvalue weighted by molar-refractivity contribution is 5.94. The molecule has 1 aromatic rings. The van der Waals surface area contributed by atoms with Crippen molar-refractivity contribution in [3.8, 4) is 0 Å². The van der Waals surface area contributed by atoms with Crippen molar-refractivity contribution in [3.63, 3.8) is 0 Å². The molecule has 0 aliphatic heterocycles. The molecule has 23 heavy (non-hydrogen) atoms. The first kappa shape index (κ1) is 17.8. The van der Waals surface area contributed by atoms with Gasteiger partial charge in [0.1, 0.15) is 0 Å². The van der Waals surface area contributed by atoms with Gasteiger partial charge in [0, 0.05) is 44.0 Å². The van der Waals surface area contributed by atoms with Crippen LogP contribution in [0.15, 0.2) is 24.3 Å². The van der Waals surface area contributed by atoms with Gasteiger partial charge in [-0.3, -0.25) is 4.79 Å². The summed E-state index contributed by atoms with van der Waals surface area (Å²) in [7, 11) is 4.23. The highest BCUT2D eigenvalue weighted by Gasteiger charge is 2.17. The summed E-state index contributed by atoms with van der Waals surface area (Å²) in [5.41, 5.74) is 1.87. The Morgan fingerprint density at radius 2 is 1.78 bits per heavy atom. The fourth-order valence-electron chi connectivity index (χ4n) is 3.20. The summed E-state index contributed by atoms with van der Waals surface area (Å²) in [5, 5.41) is 3.04. The van der Waals surface area contributed by atoms with Crippen LogP contribution >= 0.6 is 0 Å². The largest absolute Gasteiger partial charge is 0.375 e. The molecule has 0 unspecified atom stereocenters. The molecule has 2 rings (SSSR count). The first-order valence-corrected chi connectivity index (χ1v) is 8.91. The first-order valence-electron chi connectivity index (χ1n) is 8.91. The average molecular weight is 317 g/mol. The number of likely N-dealkylation sites (N-methyl/N-ethyl adjacent to an activating group) is 1. The fourth-order valence-corrected chi connectivity index (χ4v) is 3.20. The molecule has 4 heteroatoms. The normalized spacial score (nSPS) is 15.7. The van der Waals surface area contributed by atoms with E-state index in [1.807, 2.05) is 24.3 Å². The van der Waals surface area contributed by atoms with E-state index in [-0.39, 0.29) is 5.91 Å². The lowest BCUT2D eigenvalue weighted by molar-refractivity contribution is 0.0944. The van der Waals surface area contributed by atoms with Crippen LogP contribution in [0, 0.1) is 0 Å². The minimum absolute atomic E-state index is 0.0211. The van der Waals surface area contributed by atoms with Gasteiger partial charge in [0.25, 0.3) is 5.91 Å². The second-order valence-electron chi connectivity index (χ2n) is 6.59. The molecule has 4 nitrogen and oxygen atoms in total. The predicted octanol–water partition coefficient (Wildman–Crippen LogP) is 3.14. The molecule has 0 radical (unpaired) electrons. The maximum absolute atomic E-state index is 12.2. The van der Waals surface area contributed by atoms with Crippen LogP contribution in [0.1, 0.15) is 49.4 Å². The summed E-state index contributed by atoms with van der Waals surface area (Å²) in [4.78, 5) is 16.8. The van der Waals surface area contributed by atoms with Crippen LogP contribution in [0.4, 0.5) is 5.69 Å². The van der Waals surface area contributed by atoms with Crippen molar-refractivity contribution in [3.05, 3.63) is 29.8 Å². The minimum atomic E-state index is 0.0211. The number of anilines is 1. The zero-order chi connectivity index (χ0) is 16.7. The van der Waals surface area contributed by atoms with E-state index in [9.17, 15) is 4.79 Å². The van der Waals surface area contributed by atoms with Crippen molar-refractivity contribution in [2.75, 3.05) is 38.6 Å². The number of benzene rings is 1. The SMILES string of the molecule is CCN(C)c1ccc(C(=O)NCCN(C)C2CCCCC2)cc1. The van der Waals surface area contributed by atoms with Crippen LogP contribution < -0.4 is 10.2 Å². The van der Waals surface area contributed by atoms with E-state index in [4.69, 9.17) is 0 Å². The lowest BCUT2D eigenvalue weighted by atomic mass is 9.94. The maximum Gasteiger partial charge on any atom is 0.251 e. The Kier molecular flexibility index (Phi) is 6.90. The van der Waals surface area contributed by atoms with Crippen LogP contribution in [-0.4, -0.2) is 50.6 Å². The smallest absolute Gasteiger partial charge is 0.251 e. The van der Waals surface area contributed by atoms with Crippen LogP contribution in [0.2, 0.25) is 0 Å². The molecule has 0 aromatic heterocycles. The van der Waals surface area contributed by atoms with Gasteiger partial charge in [-0.1, -0.05) is 19.3 Å². The number of hydrogen-bond acceptors (Lipinski definition) is 3. The van der Waals surface area contributed by atoms with Crippen LogP contribution in [-0.2, 0) is 0 Å². The van der Waals surface area contributed by atoms with Gasteiger partial charge in [0.05, 0.1) is 0 Å². The number of rotatable bonds is 7. The molecule has 1 saturated carbocycles. The van der Waals surface area contributed by atoms with Gasteiger partial charge in [0.15, 0.2) is 0 Å². The van der Waals surface area contributed by atoms with Gasteiger partial charge < -0.3 is 15.1 Å². The lowest BCUT2D eigenvalue weighted by Gasteiger charge is -2.31. The number of hydrogen-bond donors (Lipinski definition) is 1. The number of amides is 1. The standard InChI is InChI=1S/C19H31N3O/c1-4-21(2)18-12-10-16(11-13-18)19(23)20-14-15-22(3)17-8-6-5-7-9-17/h10-13,17H,4-9,14-15H2,1-3H3,(H,20,23). The molecule has 1 amide bonds. The van der Waals surface area contributed by atoms with E-state index in [1.54, 1.807) is 0 Å². The number of carbonyl (C=O) groups excluding carboxylic acids is 1. The highest BCUT2D eigenvalue weighted by Crippen LogP contribution is 2.21. The third kappa shape index (κ3) is 5.24. The lowest BCUT2D eigenvalue weighted by Crippen LogP contribution is -2.39. The molecular weight excluding hydrogens is 286 g/mol. The van der Waals surface area contributed by atoms with E-state index < -0.39 is 0 Å². The van der Waals surface area contributed by atoms with Crippen molar-refractivity contribution in [1.29, 1.82) is 0 Å². The van der Waals surface area contributed by atoms with Crippen LogP contribution in [0.5, 0.6) is 0 Å². The first-order chi connectivity index (χ1) is 11.1. The monoisotopic (exact) mass is 317 g/mol. The summed E-state index contributed by atoms with van der Waals surface area (Å²) in [6.45, 7) is 4.71. The van der Waals surface area contributed by atoms with Gasteiger partial charge >= 0.3 is 0 Å². The Labute approximate surface area is 140 Å². The quantitative estimate of drug-likeness (QED) is 0.839. The molecule has 1 fully saturated rings. The summed E-state index contributed by atoms with van der Waals surface area (Å²) in [6.07, 6.45) is 6.68. The van der Waals surface area contributed by atoms with Gasteiger partial charge in [0.2, 0.25) is 0 Å². The van der Waals surface area contributed by atoms with E-state index in [2.05, 4.69) is 36.1 Å². The Morgan fingerprint density at radius 3 is 2.39 bits per heavy atom. The number of carbonyl (C=O) groups is 1. The fraction of sp³-hybridized carbons (Fsp3) is 0.632. The number of nitrogens with one attached hydrogen (secondary N) is 1. The summed E-state index contributed by atoms with van der Waals surface area (Å²) >= 11 is 0. The molecule has 0 bridgehead atoms. The highest BCUT2D eigenvalue weighted by atomic mass is 16.1. The Hall–Kier alpha value is -1.55. The molecule has 0 atom stereocenters. The topological polar surface area (TPSA) is 35.6 Å². The van der Waals surface area contributed by atoms with Gasteiger partial charge in [-0.25, -0.2) is 0 Å². The van der Waals surface area contributed by atoms with Crippen LogP contribution in [0.3, 0.4) is 0 Å². The van der Waals surface area contributed by atoms with Crippen molar-refractivity contribution >= 4 is 11.6 Å². The zero-order valence-electron chi connectivity index (χ0n) is 14.8. The molecule has 1 N–H and O–H groups in total. The molecule has 1 aromatic carbocycles. The predicted molar refractivity (Wildman–Crippen MR) is 97.2 cm³/mol. The molecule has 1 aliphatic rings. The average Bonchev–Trinajstić information content (AvgIpc) is 2.61. The van der Waals surface area contributed by atoms with E-state index in [1.165, 1.54) is 32.1 Å². The number of nitrogens with zero attached hydrogens (tertiary/aromatic N) is 2. The molecular formula is C19H31N3O. The van der Waals surface area contributed by atoms with Crippen molar-refractivity contribution in [1.82, 2.24) is 10.2 Å². The third-order valence-corrected chi connectivity index (χ3v) is 4.99. The van der Waals surface area contributed by atoms with E-state index >= 15 is 0 Å². The van der Waals surface area contributed by atoms with Gasteiger partial charge in [-0.05, 0) is 51.1 Å². The molecule has 1 aliphatic carbocycles. The van der Waals surface area contributed by atoms with Crippen molar-refractivity contribution in [2.45, 2.75) is 45.1 Å². The van der Waals surface area contributed by atoms with E-state index in [0.717, 1.165) is 24.3 Å². The third-order valence-electron chi connectivity index (χ3n) is 4.99. The van der Waals surface area contributed by atoms with Crippen LogP contribution in [0.25, 0.3) is 0 Å². The maximum atomic E-state index is 12.2. The Balaban J connectivity index is 1.75. The van der Waals surface area contributed by atoms with Gasteiger partial charge in [-0.15, -0.1) is 0 Å². The summed E-state index contributed by atoms with van der Waals surface area (Å²) < 4.78 is 0. The zero-order valence-corrected chi connectivity index (χ0v) is 14.8. The van der Waals surface area contributed by atoms with E-state index in [0.29, 0.717) is 12.6 Å². The molecule has 0 saturated heterocycles. The summed E-state index contributed by atoms with van der Waals surface area (Å²) in [6, 6.07) is 8.52. The Morgan fingerprint density at radius 1 is 1.13 bits per heavy atom. The van der Waals surface area contributed by atoms with Crippen molar-refractivity contribution in [2.24, 2.45) is 0 Å². The van der Waals surface area contributed by atoms with Crippen molar-refractivity contribution < 1.29 is 4.79 Å². The minimum Gasteiger partial charge on any atom is -0.375 e. The molecule has 0 spiro atoms. The second-order valence-corrected chi connectivity index (χ2v) is 6.59. The second kappa shape index (κ2) is 8.92.